The fourth-order valence-corrected chi connectivity index (χ4v) is 3.23. The number of ether oxygens (including phenoxy) is 1. The van der Waals surface area contributed by atoms with Crippen LogP contribution < -0.4 is 10.1 Å². The summed E-state index contributed by atoms with van der Waals surface area (Å²) >= 11 is 1.32. The quantitative estimate of drug-likeness (QED) is 0.642. The highest BCUT2D eigenvalue weighted by Crippen LogP contribution is 2.22. The number of halogens is 1. The molecule has 0 aliphatic rings. The third kappa shape index (κ3) is 4.64. The minimum atomic E-state index is -0.386. The van der Waals surface area contributed by atoms with Gasteiger partial charge in [-0.25, -0.2) is 9.37 Å². The molecule has 0 saturated heterocycles. The highest BCUT2D eigenvalue weighted by molar-refractivity contribution is 7.99. The molecule has 1 heterocycles. The number of hydrogen-bond acceptors (Lipinski definition) is 4. The maximum atomic E-state index is 13.2. The number of nitrogens with one attached hydrogen (secondary N) is 1. The molecule has 134 valence electrons. The van der Waals surface area contributed by atoms with Gasteiger partial charge in [-0.1, -0.05) is 36.0 Å². The zero-order valence-electron chi connectivity index (χ0n) is 14.2. The van der Waals surface area contributed by atoms with E-state index in [1.165, 1.54) is 23.9 Å². The Morgan fingerprint density at radius 1 is 1.27 bits per heavy atom. The summed E-state index contributed by atoms with van der Waals surface area (Å²) in [5.74, 6) is 0.385. The van der Waals surface area contributed by atoms with E-state index in [0.717, 1.165) is 16.5 Å². The van der Waals surface area contributed by atoms with Gasteiger partial charge < -0.3 is 14.6 Å². The highest BCUT2D eigenvalue weighted by atomic mass is 32.2. The minimum Gasteiger partial charge on any atom is -0.496 e. The van der Waals surface area contributed by atoms with Crippen LogP contribution in [0.5, 0.6) is 5.75 Å². The normalized spacial score (nSPS) is 10.5. The summed E-state index contributed by atoms with van der Waals surface area (Å²) in [6.45, 7) is 0.595. The first-order valence-corrected chi connectivity index (χ1v) is 8.95. The summed E-state index contributed by atoms with van der Waals surface area (Å²) in [5.41, 5.74) is 1.46. The highest BCUT2D eigenvalue weighted by Gasteiger charge is 2.10. The van der Waals surface area contributed by atoms with Gasteiger partial charge in [0.2, 0.25) is 5.91 Å². The molecular weight excluding hydrogens is 353 g/mol. The summed E-state index contributed by atoms with van der Waals surface area (Å²) in [6.07, 6.45) is 3.56. The summed E-state index contributed by atoms with van der Waals surface area (Å²) in [5, 5.41) is 3.40. The smallest absolute Gasteiger partial charge is 0.234 e. The number of aromatic nitrogens is 2. The van der Waals surface area contributed by atoms with E-state index in [1.807, 2.05) is 35.0 Å². The van der Waals surface area contributed by atoms with Gasteiger partial charge in [0.15, 0.2) is 5.16 Å². The van der Waals surface area contributed by atoms with E-state index < -0.39 is 0 Å². The molecule has 0 saturated carbocycles. The lowest BCUT2D eigenvalue weighted by molar-refractivity contribution is -0.113. The summed E-state index contributed by atoms with van der Waals surface area (Å²) in [7, 11) is 1.64. The second-order valence-corrected chi connectivity index (χ2v) is 6.44. The van der Waals surface area contributed by atoms with Crippen LogP contribution in [-0.2, 0) is 11.3 Å². The third-order valence-corrected chi connectivity index (χ3v) is 4.66. The van der Waals surface area contributed by atoms with Crippen LogP contribution >= 0.6 is 11.8 Å². The Balaban J connectivity index is 1.61. The topological polar surface area (TPSA) is 56.2 Å². The van der Waals surface area contributed by atoms with Crippen molar-refractivity contribution in [1.29, 1.82) is 0 Å². The summed E-state index contributed by atoms with van der Waals surface area (Å²) < 4.78 is 20.5. The molecule has 5 nitrogen and oxygen atoms in total. The molecule has 7 heteroatoms. The monoisotopic (exact) mass is 371 g/mol. The number of nitrogens with zero attached hydrogens (tertiary/aromatic N) is 2. The first kappa shape index (κ1) is 18.0. The fraction of sp³-hybridized carbons (Fsp3) is 0.158. The van der Waals surface area contributed by atoms with Crippen molar-refractivity contribution in [3.05, 3.63) is 72.3 Å². The number of para-hydroxylation sites is 1. The number of anilines is 1. The van der Waals surface area contributed by atoms with Crippen molar-refractivity contribution in [2.24, 2.45) is 0 Å². The largest absolute Gasteiger partial charge is 0.496 e. The fourth-order valence-electron chi connectivity index (χ4n) is 2.47. The van der Waals surface area contributed by atoms with Crippen LogP contribution in [0.2, 0.25) is 0 Å². The number of benzene rings is 2. The summed E-state index contributed by atoms with van der Waals surface area (Å²) in [4.78, 5) is 16.4. The first-order chi connectivity index (χ1) is 12.7. The van der Waals surface area contributed by atoms with Gasteiger partial charge in [-0.3, -0.25) is 4.79 Å². The number of thioether (sulfide) groups is 1. The average molecular weight is 371 g/mol. The Labute approximate surface area is 155 Å². The van der Waals surface area contributed by atoms with Crippen molar-refractivity contribution < 1.29 is 13.9 Å². The number of imidazole rings is 1. The maximum Gasteiger partial charge on any atom is 0.234 e. The van der Waals surface area contributed by atoms with E-state index in [-0.39, 0.29) is 17.5 Å². The molecule has 0 fully saturated rings. The molecule has 2 aromatic carbocycles. The molecule has 3 aromatic rings. The average Bonchev–Trinajstić information content (AvgIpc) is 3.07. The van der Waals surface area contributed by atoms with Crippen LogP contribution in [0.3, 0.4) is 0 Å². The van der Waals surface area contributed by atoms with Gasteiger partial charge in [0.05, 0.1) is 19.4 Å². The Morgan fingerprint density at radius 3 is 2.92 bits per heavy atom. The lowest BCUT2D eigenvalue weighted by atomic mass is 10.2. The lowest BCUT2D eigenvalue weighted by Crippen LogP contribution is -2.14. The predicted octanol–water partition coefficient (Wildman–Crippen LogP) is 3.81. The van der Waals surface area contributed by atoms with E-state index >= 15 is 0 Å². The van der Waals surface area contributed by atoms with E-state index in [1.54, 1.807) is 25.4 Å². The number of carbonyl (C=O) groups is 1. The van der Waals surface area contributed by atoms with Crippen LogP contribution in [0, 0.1) is 5.82 Å². The molecule has 0 radical (unpaired) electrons. The van der Waals surface area contributed by atoms with E-state index in [0.29, 0.717) is 12.2 Å². The number of carbonyl (C=O) groups excluding carboxylic acids is 1. The molecule has 26 heavy (non-hydrogen) atoms. The Bertz CT molecular complexity index is 898. The Hall–Kier alpha value is -2.80. The first-order valence-electron chi connectivity index (χ1n) is 7.97. The minimum absolute atomic E-state index is 0.180. The lowest BCUT2D eigenvalue weighted by Gasteiger charge is -2.11. The van der Waals surface area contributed by atoms with Crippen molar-refractivity contribution in [3.63, 3.8) is 0 Å². The van der Waals surface area contributed by atoms with Gasteiger partial charge in [-0.2, -0.15) is 0 Å². The van der Waals surface area contributed by atoms with Crippen LogP contribution in [0.1, 0.15) is 5.56 Å². The second kappa shape index (κ2) is 8.53. The molecule has 0 unspecified atom stereocenters. The van der Waals surface area contributed by atoms with Crippen LogP contribution in [-0.4, -0.2) is 28.3 Å². The molecule has 0 aliphatic heterocycles. The van der Waals surface area contributed by atoms with Gasteiger partial charge in [0.1, 0.15) is 11.6 Å². The molecule has 3 rings (SSSR count). The zero-order valence-corrected chi connectivity index (χ0v) is 15.0. The van der Waals surface area contributed by atoms with Gasteiger partial charge in [-0.15, -0.1) is 0 Å². The summed E-state index contributed by atoms with van der Waals surface area (Å²) in [6, 6.07) is 13.6. The van der Waals surface area contributed by atoms with E-state index in [2.05, 4.69) is 10.3 Å². The van der Waals surface area contributed by atoms with Crippen LogP contribution in [0.25, 0.3) is 0 Å². The number of rotatable bonds is 7. The molecule has 0 spiro atoms. The predicted molar refractivity (Wildman–Crippen MR) is 100 cm³/mol. The zero-order chi connectivity index (χ0) is 18.4. The molecule has 0 atom stereocenters. The Kier molecular flexibility index (Phi) is 5.91. The number of amides is 1. The van der Waals surface area contributed by atoms with Gasteiger partial charge in [0.25, 0.3) is 0 Å². The SMILES string of the molecule is COc1ccccc1Cn1ccnc1SCC(=O)Nc1cccc(F)c1. The van der Waals surface area contributed by atoms with Crippen molar-refractivity contribution in [2.75, 3.05) is 18.2 Å². The van der Waals surface area contributed by atoms with Crippen molar-refractivity contribution in [1.82, 2.24) is 9.55 Å². The second-order valence-electron chi connectivity index (χ2n) is 5.50. The van der Waals surface area contributed by atoms with E-state index in [9.17, 15) is 9.18 Å². The molecule has 1 aromatic heterocycles. The molecule has 0 bridgehead atoms. The van der Waals surface area contributed by atoms with Gasteiger partial charge in [0, 0.05) is 23.6 Å². The van der Waals surface area contributed by atoms with Crippen LogP contribution in [0.4, 0.5) is 10.1 Å². The molecule has 0 aliphatic carbocycles. The molecular formula is C19H18FN3O2S. The van der Waals surface area contributed by atoms with E-state index in [4.69, 9.17) is 4.74 Å². The van der Waals surface area contributed by atoms with Crippen LogP contribution in [0.15, 0.2) is 66.1 Å². The number of methoxy groups -OCH3 is 1. The van der Waals surface area contributed by atoms with Gasteiger partial charge in [-0.05, 0) is 24.3 Å². The number of hydrogen-bond donors (Lipinski definition) is 1. The Morgan fingerprint density at radius 2 is 2.12 bits per heavy atom. The van der Waals surface area contributed by atoms with Crippen molar-refractivity contribution in [2.45, 2.75) is 11.7 Å². The maximum absolute atomic E-state index is 13.2. The molecule has 1 amide bonds. The van der Waals surface area contributed by atoms with Crippen molar-refractivity contribution in [3.8, 4) is 5.75 Å². The van der Waals surface area contributed by atoms with Crippen molar-refractivity contribution >= 4 is 23.4 Å². The molecule has 1 N–H and O–H groups in total. The van der Waals surface area contributed by atoms with Gasteiger partial charge >= 0.3 is 0 Å². The third-order valence-electron chi connectivity index (χ3n) is 3.65. The standard InChI is InChI=1S/C19H18FN3O2S/c1-25-17-8-3-2-5-14(17)12-23-10-9-21-19(23)26-13-18(24)22-16-7-4-6-15(20)11-16/h2-11H,12-13H2,1H3,(H,22,24).